The molecule has 0 radical (unpaired) electrons. The summed E-state index contributed by atoms with van der Waals surface area (Å²) >= 11 is 0. The Balaban J connectivity index is 1.34. The van der Waals surface area contributed by atoms with Crippen molar-refractivity contribution in [2.75, 3.05) is 13.2 Å². The van der Waals surface area contributed by atoms with Gasteiger partial charge in [-0.05, 0) is 61.4 Å². The van der Waals surface area contributed by atoms with Gasteiger partial charge in [-0.2, -0.15) is 5.10 Å². The molecule has 3 heterocycles. The second-order valence-electron chi connectivity index (χ2n) is 7.57. The van der Waals surface area contributed by atoms with Crippen LogP contribution in [0.25, 0.3) is 0 Å². The van der Waals surface area contributed by atoms with E-state index in [1.54, 1.807) is 0 Å². The highest BCUT2D eigenvalue weighted by Gasteiger charge is 2.33. The van der Waals surface area contributed by atoms with Crippen molar-refractivity contribution < 1.29 is 14.6 Å². The van der Waals surface area contributed by atoms with Crippen molar-refractivity contribution in [1.29, 1.82) is 0 Å². The summed E-state index contributed by atoms with van der Waals surface area (Å²) in [5.41, 5.74) is 3.60. The van der Waals surface area contributed by atoms with Crippen LogP contribution in [-0.4, -0.2) is 38.8 Å². The lowest BCUT2D eigenvalue weighted by Gasteiger charge is -2.28. The second-order valence-corrected chi connectivity index (χ2v) is 7.57. The van der Waals surface area contributed by atoms with Gasteiger partial charge < -0.3 is 14.7 Å². The van der Waals surface area contributed by atoms with Crippen LogP contribution >= 0.6 is 0 Å². The number of hydrogen-bond donors (Lipinski definition) is 1. The van der Waals surface area contributed by atoms with Crippen LogP contribution in [0, 0.1) is 5.92 Å². The zero-order valence-electron chi connectivity index (χ0n) is 14.7. The van der Waals surface area contributed by atoms with Crippen LogP contribution in [0.3, 0.4) is 0 Å². The molecule has 1 saturated carbocycles. The Hall–Kier alpha value is -2.34. The van der Waals surface area contributed by atoms with Crippen LogP contribution in [0.4, 0.5) is 0 Å². The molecule has 1 aromatic heterocycles. The van der Waals surface area contributed by atoms with Crippen molar-refractivity contribution in [3.05, 3.63) is 46.8 Å². The summed E-state index contributed by atoms with van der Waals surface area (Å²) in [6, 6.07) is 7.72. The molecule has 1 aromatic carbocycles. The molecular weight excluding hydrogens is 330 g/mol. The number of hydrogen-bond acceptors (Lipinski definition) is 4. The minimum absolute atomic E-state index is 0.0510. The van der Waals surface area contributed by atoms with Crippen molar-refractivity contribution in [3.8, 4) is 5.75 Å². The first kappa shape index (κ1) is 15.9. The number of carbonyl (C=O) groups is 1. The van der Waals surface area contributed by atoms with Crippen molar-refractivity contribution in [1.82, 2.24) is 14.7 Å². The third-order valence-corrected chi connectivity index (χ3v) is 5.63. The Labute approximate surface area is 152 Å². The van der Waals surface area contributed by atoms with Gasteiger partial charge in [0.15, 0.2) is 0 Å². The van der Waals surface area contributed by atoms with Crippen LogP contribution in [0.1, 0.15) is 52.7 Å². The summed E-state index contributed by atoms with van der Waals surface area (Å²) in [6.07, 6.45) is 3.66. The van der Waals surface area contributed by atoms with E-state index in [0.717, 1.165) is 60.6 Å². The molecule has 2 aliphatic heterocycles. The molecule has 1 aliphatic carbocycles. The molecule has 1 amide bonds. The van der Waals surface area contributed by atoms with Gasteiger partial charge in [0.25, 0.3) is 5.91 Å². The predicted octanol–water partition coefficient (Wildman–Crippen LogP) is 2.31. The van der Waals surface area contributed by atoms with Gasteiger partial charge in [0.1, 0.15) is 11.9 Å². The number of ether oxygens (including phenoxy) is 1. The Kier molecular flexibility index (Phi) is 3.74. The van der Waals surface area contributed by atoms with Crippen LogP contribution < -0.4 is 4.74 Å². The van der Waals surface area contributed by atoms with Gasteiger partial charge in [-0.3, -0.25) is 9.48 Å². The SMILES string of the molecule is O=C(c1ccc2c(c1)CCCO2)N1CCn2nc(C(O)C3CC3)cc2C1. The van der Waals surface area contributed by atoms with Gasteiger partial charge in [0, 0.05) is 12.1 Å². The van der Waals surface area contributed by atoms with Gasteiger partial charge >= 0.3 is 0 Å². The van der Waals surface area contributed by atoms with Gasteiger partial charge in [-0.1, -0.05) is 0 Å². The number of carbonyl (C=O) groups excluding carboxylic acids is 1. The Morgan fingerprint density at radius 3 is 3.00 bits per heavy atom. The summed E-state index contributed by atoms with van der Waals surface area (Å²) < 4.78 is 7.58. The van der Waals surface area contributed by atoms with E-state index in [-0.39, 0.29) is 5.91 Å². The maximum absolute atomic E-state index is 13.0. The Morgan fingerprint density at radius 2 is 2.15 bits per heavy atom. The molecule has 26 heavy (non-hydrogen) atoms. The quantitative estimate of drug-likeness (QED) is 0.919. The number of benzene rings is 1. The van der Waals surface area contributed by atoms with E-state index in [1.807, 2.05) is 33.8 Å². The second kappa shape index (κ2) is 6.13. The van der Waals surface area contributed by atoms with E-state index in [0.29, 0.717) is 25.6 Å². The lowest BCUT2D eigenvalue weighted by molar-refractivity contribution is 0.0705. The Morgan fingerprint density at radius 1 is 1.27 bits per heavy atom. The maximum atomic E-state index is 13.0. The lowest BCUT2D eigenvalue weighted by Crippen LogP contribution is -2.38. The first-order valence-electron chi connectivity index (χ1n) is 9.49. The first-order chi connectivity index (χ1) is 12.7. The summed E-state index contributed by atoms with van der Waals surface area (Å²) in [7, 11) is 0. The molecule has 1 N–H and O–H groups in total. The smallest absolute Gasteiger partial charge is 0.254 e. The zero-order valence-corrected chi connectivity index (χ0v) is 14.7. The highest BCUT2D eigenvalue weighted by molar-refractivity contribution is 5.94. The largest absolute Gasteiger partial charge is 0.493 e. The topological polar surface area (TPSA) is 67.6 Å². The minimum atomic E-state index is -0.460. The average molecular weight is 353 g/mol. The standard InChI is InChI=1S/C20H23N3O3/c24-19(13-3-4-13)17-11-16-12-22(7-8-23(16)21-17)20(25)15-5-6-18-14(10-15)2-1-9-26-18/h5-6,10-11,13,19,24H,1-4,7-9,12H2. The molecule has 0 bridgehead atoms. The minimum Gasteiger partial charge on any atom is -0.493 e. The van der Waals surface area contributed by atoms with Gasteiger partial charge in [-0.15, -0.1) is 0 Å². The first-order valence-corrected chi connectivity index (χ1v) is 9.49. The van der Waals surface area contributed by atoms with Crippen LogP contribution in [0.5, 0.6) is 5.75 Å². The highest BCUT2D eigenvalue weighted by atomic mass is 16.5. The molecule has 1 unspecified atom stereocenters. The number of rotatable bonds is 3. The fraction of sp³-hybridized carbons (Fsp3) is 0.500. The third-order valence-electron chi connectivity index (χ3n) is 5.63. The molecule has 3 aliphatic rings. The normalized spacial score (nSPS) is 20.1. The number of fused-ring (bicyclic) bond motifs is 2. The average Bonchev–Trinajstić information content (AvgIpc) is 3.44. The van der Waals surface area contributed by atoms with E-state index in [4.69, 9.17) is 4.74 Å². The molecule has 2 aromatic rings. The van der Waals surface area contributed by atoms with E-state index < -0.39 is 6.10 Å². The molecule has 0 saturated heterocycles. The van der Waals surface area contributed by atoms with E-state index in [9.17, 15) is 9.90 Å². The van der Waals surface area contributed by atoms with Gasteiger partial charge in [0.2, 0.25) is 0 Å². The molecule has 0 spiro atoms. The van der Waals surface area contributed by atoms with Crippen molar-refractivity contribution in [2.45, 2.75) is 44.9 Å². The number of aliphatic hydroxyl groups excluding tert-OH is 1. The summed E-state index contributed by atoms with van der Waals surface area (Å²) in [5, 5.41) is 14.9. The lowest BCUT2D eigenvalue weighted by atomic mass is 10.0. The fourth-order valence-electron chi connectivity index (χ4n) is 3.94. The molecular formula is C20H23N3O3. The number of nitrogens with zero attached hydrogens (tertiary/aromatic N) is 3. The Bertz CT molecular complexity index is 856. The summed E-state index contributed by atoms with van der Waals surface area (Å²) in [6.45, 7) is 2.61. The van der Waals surface area contributed by atoms with Crippen LogP contribution in [-0.2, 0) is 19.5 Å². The summed E-state index contributed by atoms with van der Waals surface area (Å²) in [5.74, 6) is 1.32. The van der Waals surface area contributed by atoms with Crippen molar-refractivity contribution in [3.63, 3.8) is 0 Å². The third kappa shape index (κ3) is 2.78. The van der Waals surface area contributed by atoms with Crippen molar-refractivity contribution >= 4 is 5.91 Å². The van der Waals surface area contributed by atoms with E-state index in [2.05, 4.69) is 5.10 Å². The summed E-state index contributed by atoms with van der Waals surface area (Å²) in [4.78, 5) is 14.8. The number of amides is 1. The molecule has 1 atom stereocenters. The van der Waals surface area contributed by atoms with Crippen molar-refractivity contribution in [2.24, 2.45) is 5.92 Å². The number of aryl methyl sites for hydroxylation is 1. The monoisotopic (exact) mass is 353 g/mol. The molecule has 6 heteroatoms. The number of aliphatic hydroxyl groups is 1. The molecule has 1 fully saturated rings. The van der Waals surface area contributed by atoms with Gasteiger partial charge in [-0.25, -0.2) is 0 Å². The zero-order chi connectivity index (χ0) is 17.7. The predicted molar refractivity (Wildman–Crippen MR) is 94.9 cm³/mol. The highest BCUT2D eigenvalue weighted by Crippen LogP contribution is 2.40. The number of aromatic nitrogens is 2. The molecule has 6 nitrogen and oxygen atoms in total. The molecule has 136 valence electrons. The van der Waals surface area contributed by atoms with Crippen LogP contribution in [0.15, 0.2) is 24.3 Å². The van der Waals surface area contributed by atoms with E-state index >= 15 is 0 Å². The van der Waals surface area contributed by atoms with Crippen LogP contribution in [0.2, 0.25) is 0 Å². The fourth-order valence-corrected chi connectivity index (χ4v) is 3.94. The maximum Gasteiger partial charge on any atom is 0.254 e. The van der Waals surface area contributed by atoms with Gasteiger partial charge in [0.05, 0.1) is 31.1 Å². The van der Waals surface area contributed by atoms with E-state index in [1.165, 1.54) is 0 Å². The molecule has 5 rings (SSSR count).